The van der Waals surface area contributed by atoms with Gasteiger partial charge in [-0.1, -0.05) is 0 Å². The summed E-state index contributed by atoms with van der Waals surface area (Å²) in [4.78, 5) is 12.3. The van der Waals surface area contributed by atoms with Crippen molar-refractivity contribution in [2.75, 3.05) is 13.2 Å². The molecule has 1 aromatic carbocycles. The monoisotopic (exact) mass is 363 g/mol. The van der Waals surface area contributed by atoms with Crippen LogP contribution in [0.2, 0.25) is 0 Å². The Labute approximate surface area is 154 Å². The highest BCUT2D eigenvalue weighted by atomic mass is 16.5. The Hall–Kier alpha value is -3.26. The number of benzene rings is 1. The molecule has 1 aliphatic rings. The molecule has 136 valence electrons. The first-order valence-corrected chi connectivity index (χ1v) is 8.78. The molecule has 1 aliphatic heterocycles. The average molecular weight is 363 g/mol. The second kappa shape index (κ2) is 6.48. The van der Waals surface area contributed by atoms with Gasteiger partial charge in [0.2, 0.25) is 5.88 Å². The van der Waals surface area contributed by atoms with Gasteiger partial charge < -0.3 is 14.6 Å². The van der Waals surface area contributed by atoms with Gasteiger partial charge in [-0.05, 0) is 30.7 Å². The maximum atomic E-state index is 10.1. The minimum Gasteiger partial charge on any atom is -0.493 e. The molecule has 0 aliphatic carbocycles. The van der Waals surface area contributed by atoms with Crippen LogP contribution in [0.15, 0.2) is 42.9 Å². The fraction of sp³-hybridized carbons (Fsp3) is 0.263. The standard InChI is InChI=1S/C19H17N5O3/c25-18-15-3-5-20-9-16(15)22-19(23-18)27-14-1-2-17-13(7-14)8-21-24(17)10-12-4-6-26-11-12/h1-3,5,7-9,12H,4,6,10-11H2,(H,22,23,25). The first-order chi connectivity index (χ1) is 13.3. The van der Waals surface area contributed by atoms with Crippen LogP contribution in [-0.4, -0.2) is 43.1 Å². The molecule has 0 saturated carbocycles. The largest absolute Gasteiger partial charge is 0.493 e. The van der Waals surface area contributed by atoms with Crippen molar-refractivity contribution >= 4 is 21.8 Å². The van der Waals surface area contributed by atoms with E-state index in [0.29, 0.717) is 22.6 Å². The van der Waals surface area contributed by atoms with Crippen LogP contribution in [0.3, 0.4) is 0 Å². The van der Waals surface area contributed by atoms with Crippen LogP contribution in [0.25, 0.3) is 21.8 Å². The van der Waals surface area contributed by atoms with E-state index >= 15 is 0 Å². The van der Waals surface area contributed by atoms with E-state index in [0.717, 1.165) is 37.1 Å². The van der Waals surface area contributed by atoms with Crippen molar-refractivity contribution in [2.45, 2.75) is 13.0 Å². The van der Waals surface area contributed by atoms with E-state index < -0.39 is 0 Å². The molecule has 1 unspecified atom stereocenters. The third kappa shape index (κ3) is 3.04. The van der Waals surface area contributed by atoms with E-state index in [9.17, 15) is 5.11 Å². The normalized spacial score (nSPS) is 17.0. The minimum atomic E-state index is -0.134. The van der Waals surface area contributed by atoms with Gasteiger partial charge in [-0.25, -0.2) is 0 Å². The first-order valence-electron chi connectivity index (χ1n) is 8.78. The summed E-state index contributed by atoms with van der Waals surface area (Å²) in [6.45, 7) is 2.47. The zero-order valence-electron chi connectivity index (χ0n) is 14.4. The third-order valence-electron chi connectivity index (χ3n) is 4.74. The Morgan fingerprint density at radius 1 is 1.22 bits per heavy atom. The van der Waals surface area contributed by atoms with Crippen LogP contribution in [0.5, 0.6) is 17.6 Å². The van der Waals surface area contributed by atoms with Crippen LogP contribution < -0.4 is 4.74 Å². The molecule has 0 spiro atoms. The van der Waals surface area contributed by atoms with E-state index in [1.54, 1.807) is 18.5 Å². The fourth-order valence-corrected chi connectivity index (χ4v) is 3.34. The first kappa shape index (κ1) is 16.0. The average Bonchev–Trinajstić information content (AvgIpc) is 3.32. The van der Waals surface area contributed by atoms with Crippen LogP contribution in [0.1, 0.15) is 6.42 Å². The van der Waals surface area contributed by atoms with Crippen LogP contribution in [-0.2, 0) is 11.3 Å². The lowest BCUT2D eigenvalue weighted by Gasteiger charge is -2.09. The second-order valence-electron chi connectivity index (χ2n) is 6.60. The van der Waals surface area contributed by atoms with Gasteiger partial charge >= 0.3 is 6.01 Å². The lowest BCUT2D eigenvalue weighted by molar-refractivity contribution is 0.182. The highest BCUT2D eigenvalue weighted by molar-refractivity contribution is 5.82. The summed E-state index contributed by atoms with van der Waals surface area (Å²) in [6.07, 6.45) is 6.03. The summed E-state index contributed by atoms with van der Waals surface area (Å²) < 4.78 is 13.2. The lowest BCUT2D eigenvalue weighted by Crippen LogP contribution is -2.11. The number of aromatic hydroxyl groups is 1. The summed E-state index contributed by atoms with van der Waals surface area (Å²) in [5.74, 6) is 0.950. The van der Waals surface area contributed by atoms with Gasteiger partial charge in [0.05, 0.1) is 35.4 Å². The zero-order chi connectivity index (χ0) is 18.2. The molecule has 1 fully saturated rings. The predicted octanol–water partition coefficient (Wildman–Crippen LogP) is 2.91. The molecule has 1 N–H and O–H groups in total. The summed E-state index contributed by atoms with van der Waals surface area (Å²) in [5, 5.41) is 16.0. The van der Waals surface area contributed by atoms with Crippen molar-refractivity contribution in [1.29, 1.82) is 0 Å². The van der Waals surface area contributed by atoms with Gasteiger partial charge in [-0.3, -0.25) is 9.67 Å². The number of aromatic nitrogens is 5. The summed E-state index contributed by atoms with van der Waals surface area (Å²) in [6, 6.07) is 7.43. The molecule has 27 heavy (non-hydrogen) atoms. The Bertz CT molecular complexity index is 1120. The Kier molecular flexibility index (Phi) is 3.83. The molecule has 5 rings (SSSR count). The Morgan fingerprint density at radius 2 is 2.19 bits per heavy atom. The van der Waals surface area contributed by atoms with Gasteiger partial charge in [0, 0.05) is 30.7 Å². The van der Waals surface area contributed by atoms with E-state index in [4.69, 9.17) is 9.47 Å². The van der Waals surface area contributed by atoms with E-state index in [1.165, 1.54) is 0 Å². The van der Waals surface area contributed by atoms with Crippen LogP contribution in [0, 0.1) is 5.92 Å². The smallest absolute Gasteiger partial charge is 0.325 e. The number of fused-ring (bicyclic) bond motifs is 2. The van der Waals surface area contributed by atoms with E-state index in [-0.39, 0.29) is 11.9 Å². The summed E-state index contributed by atoms with van der Waals surface area (Å²) >= 11 is 0. The van der Waals surface area contributed by atoms with E-state index in [2.05, 4.69) is 20.1 Å². The van der Waals surface area contributed by atoms with Gasteiger partial charge in [0.25, 0.3) is 0 Å². The molecule has 8 heteroatoms. The molecule has 0 bridgehead atoms. The highest BCUT2D eigenvalue weighted by Gasteiger charge is 2.18. The lowest BCUT2D eigenvalue weighted by atomic mass is 10.1. The molecule has 1 saturated heterocycles. The SMILES string of the molecule is Oc1nc(Oc2ccc3c(cnn3CC3CCOC3)c2)nc2cnccc12. The van der Waals surface area contributed by atoms with Crippen molar-refractivity contribution in [3.8, 4) is 17.6 Å². The van der Waals surface area contributed by atoms with Crippen molar-refractivity contribution in [1.82, 2.24) is 24.7 Å². The maximum Gasteiger partial charge on any atom is 0.325 e. The molecule has 4 aromatic rings. The number of hydrogen-bond donors (Lipinski definition) is 1. The van der Waals surface area contributed by atoms with Gasteiger partial charge in [-0.2, -0.15) is 15.1 Å². The summed E-state index contributed by atoms with van der Waals surface area (Å²) in [7, 11) is 0. The molecule has 1 atom stereocenters. The Morgan fingerprint density at radius 3 is 3.07 bits per heavy atom. The molecule has 4 heterocycles. The fourth-order valence-electron chi connectivity index (χ4n) is 3.34. The zero-order valence-corrected chi connectivity index (χ0v) is 14.4. The van der Waals surface area contributed by atoms with Crippen LogP contribution >= 0.6 is 0 Å². The number of rotatable bonds is 4. The number of ether oxygens (including phenoxy) is 2. The topological polar surface area (TPSA) is 95.2 Å². The quantitative estimate of drug-likeness (QED) is 0.595. The molecule has 0 radical (unpaired) electrons. The van der Waals surface area contributed by atoms with Crippen molar-refractivity contribution < 1.29 is 14.6 Å². The Balaban J connectivity index is 1.42. The van der Waals surface area contributed by atoms with Crippen molar-refractivity contribution in [3.05, 3.63) is 42.9 Å². The van der Waals surface area contributed by atoms with Gasteiger partial charge in [0.1, 0.15) is 5.75 Å². The number of pyridine rings is 1. The molecular formula is C19H17N5O3. The van der Waals surface area contributed by atoms with Gasteiger partial charge in [0.15, 0.2) is 0 Å². The second-order valence-corrected chi connectivity index (χ2v) is 6.60. The maximum absolute atomic E-state index is 10.1. The number of nitrogens with zero attached hydrogens (tertiary/aromatic N) is 5. The molecule has 0 amide bonds. The van der Waals surface area contributed by atoms with Crippen molar-refractivity contribution in [2.24, 2.45) is 5.92 Å². The molecular weight excluding hydrogens is 346 g/mol. The predicted molar refractivity (Wildman–Crippen MR) is 97.7 cm³/mol. The summed E-state index contributed by atoms with van der Waals surface area (Å²) in [5.41, 5.74) is 1.56. The highest BCUT2D eigenvalue weighted by Crippen LogP contribution is 2.28. The van der Waals surface area contributed by atoms with Crippen LogP contribution in [0.4, 0.5) is 0 Å². The third-order valence-corrected chi connectivity index (χ3v) is 4.74. The van der Waals surface area contributed by atoms with Gasteiger partial charge in [-0.15, -0.1) is 0 Å². The molecule has 3 aromatic heterocycles. The molecule has 8 nitrogen and oxygen atoms in total. The van der Waals surface area contributed by atoms with E-state index in [1.807, 2.05) is 29.1 Å². The minimum absolute atomic E-state index is 0.0721. The number of hydrogen-bond acceptors (Lipinski definition) is 7. The van der Waals surface area contributed by atoms with Crippen molar-refractivity contribution in [3.63, 3.8) is 0 Å².